The second-order valence-electron chi connectivity index (χ2n) is 6.92. The number of anilines is 1. The van der Waals surface area contributed by atoms with E-state index in [0.717, 1.165) is 50.1 Å². The van der Waals surface area contributed by atoms with E-state index in [9.17, 15) is 0 Å². The van der Waals surface area contributed by atoms with Gasteiger partial charge >= 0.3 is 0 Å². The molecule has 1 aromatic heterocycles. The zero-order valence-electron chi connectivity index (χ0n) is 13.9. The molecule has 0 aromatic carbocycles. The molecule has 2 heterocycles. The maximum atomic E-state index is 5.44. The molecule has 0 spiro atoms. The number of morpholine rings is 1. The van der Waals surface area contributed by atoms with Gasteiger partial charge in [-0.2, -0.15) is 0 Å². The summed E-state index contributed by atoms with van der Waals surface area (Å²) in [6, 6.07) is 0. The average molecular weight is 292 g/mol. The van der Waals surface area contributed by atoms with E-state index >= 15 is 0 Å². The highest BCUT2D eigenvalue weighted by atomic mass is 16.5. The summed E-state index contributed by atoms with van der Waals surface area (Å²) in [5.74, 6) is 1.26. The molecule has 21 heavy (non-hydrogen) atoms. The highest BCUT2D eigenvalue weighted by molar-refractivity contribution is 5.49. The second kappa shape index (κ2) is 6.71. The zero-order chi connectivity index (χ0) is 15.5. The fourth-order valence-electron chi connectivity index (χ4n) is 2.25. The highest BCUT2D eigenvalue weighted by Crippen LogP contribution is 2.22. The van der Waals surface area contributed by atoms with Crippen molar-refractivity contribution in [2.24, 2.45) is 0 Å². The van der Waals surface area contributed by atoms with Crippen molar-refractivity contribution in [3.8, 4) is 0 Å². The van der Waals surface area contributed by atoms with Crippen LogP contribution >= 0.6 is 0 Å². The Morgan fingerprint density at radius 1 is 1.29 bits per heavy atom. The fraction of sp³-hybridized carbons (Fsp3) is 0.750. The molecule has 1 aliphatic heterocycles. The number of hydrogen-bond donors (Lipinski definition) is 1. The topological polar surface area (TPSA) is 50.3 Å². The minimum absolute atomic E-state index is 0.0746. The van der Waals surface area contributed by atoms with Crippen LogP contribution in [-0.4, -0.2) is 41.8 Å². The van der Waals surface area contributed by atoms with Gasteiger partial charge in [0.25, 0.3) is 0 Å². The van der Waals surface area contributed by atoms with E-state index in [4.69, 9.17) is 9.72 Å². The number of rotatable bonds is 4. The summed E-state index contributed by atoms with van der Waals surface area (Å²) in [6.45, 7) is 14.9. The van der Waals surface area contributed by atoms with Crippen LogP contribution in [0.1, 0.15) is 52.1 Å². The van der Waals surface area contributed by atoms with Crippen molar-refractivity contribution >= 4 is 5.69 Å². The summed E-state index contributed by atoms with van der Waals surface area (Å²) in [5, 5.41) is 3.54. The lowest BCUT2D eigenvalue weighted by Gasteiger charge is -2.31. The van der Waals surface area contributed by atoms with Crippen molar-refractivity contribution in [2.75, 3.05) is 31.2 Å². The molecule has 118 valence electrons. The Balaban J connectivity index is 2.24. The van der Waals surface area contributed by atoms with E-state index in [1.54, 1.807) is 0 Å². The van der Waals surface area contributed by atoms with E-state index in [2.05, 4.69) is 49.8 Å². The predicted molar refractivity (Wildman–Crippen MR) is 85.7 cm³/mol. The molecule has 0 atom stereocenters. The van der Waals surface area contributed by atoms with Gasteiger partial charge in [0.1, 0.15) is 5.82 Å². The van der Waals surface area contributed by atoms with E-state index in [1.807, 2.05) is 6.20 Å². The van der Waals surface area contributed by atoms with Gasteiger partial charge in [0.2, 0.25) is 0 Å². The molecule has 1 saturated heterocycles. The van der Waals surface area contributed by atoms with Crippen molar-refractivity contribution < 1.29 is 4.74 Å². The molecule has 5 nitrogen and oxygen atoms in total. The van der Waals surface area contributed by atoms with Crippen LogP contribution in [0, 0.1) is 0 Å². The monoisotopic (exact) mass is 292 g/mol. The lowest BCUT2D eigenvalue weighted by Crippen LogP contribution is -2.39. The average Bonchev–Trinajstić information content (AvgIpc) is 2.45. The van der Waals surface area contributed by atoms with E-state index in [0.29, 0.717) is 5.92 Å². The molecule has 0 unspecified atom stereocenters. The van der Waals surface area contributed by atoms with Crippen molar-refractivity contribution in [3.63, 3.8) is 0 Å². The summed E-state index contributed by atoms with van der Waals surface area (Å²) in [7, 11) is 0. The van der Waals surface area contributed by atoms with Gasteiger partial charge < -0.3 is 15.0 Å². The normalized spacial score (nSPS) is 16.6. The molecule has 1 fully saturated rings. The third-order valence-corrected chi connectivity index (χ3v) is 3.52. The third-order valence-electron chi connectivity index (χ3n) is 3.52. The first-order valence-electron chi connectivity index (χ1n) is 7.80. The Morgan fingerprint density at radius 2 is 1.95 bits per heavy atom. The van der Waals surface area contributed by atoms with Crippen LogP contribution in [0.15, 0.2) is 6.20 Å². The molecule has 0 saturated carbocycles. The molecule has 5 heteroatoms. The zero-order valence-corrected chi connectivity index (χ0v) is 13.9. The molecule has 0 bridgehead atoms. The second-order valence-corrected chi connectivity index (χ2v) is 6.92. The first kappa shape index (κ1) is 16.2. The Bertz CT molecular complexity index is 462. The molecular weight excluding hydrogens is 264 g/mol. The summed E-state index contributed by atoms with van der Waals surface area (Å²) < 4.78 is 5.44. The van der Waals surface area contributed by atoms with Crippen LogP contribution in [0.25, 0.3) is 0 Å². The minimum Gasteiger partial charge on any atom is -0.378 e. The van der Waals surface area contributed by atoms with Gasteiger partial charge in [-0.25, -0.2) is 9.97 Å². The maximum absolute atomic E-state index is 5.44. The third kappa shape index (κ3) is 4.64. The predicted octanol–water partition coefficient (Wildman–Crippen LogP) is 2.32. The van der Waals surface area contributed by atoms with Crippen LogP contribution < -0.4 is 10.2 Å². The summed E-state index contributed by atoms with van der Waals surface area (Å²) in [4.78, 5) is 11.7. The summed E-state index contributed by atoms with van der Waals surface area (Å²) >= 11 is 0. The van der Waals surface area contributed by atoms with Crippen LogP contribution in [0.5, 0.6) is 0 Å². The van der Waals surface area contributed by atoms with Gasteiger partial charge in [-0.05, 0) is 20.8 Å². The highest BCUT2D eigenvalue weighted by Gasteiger charge is 2.19. The molecule has 0 radical (unpaired) electrons. The molecule has 1 aromatic rings. The van der Waals surface area contributed by atoms with Crippen molar-refractivity contribution in [2.45, 2.75) is 52.6 Å². The van der Waals surface area contributed by atoms with Crippen LogP contribution in [-0.2, 0) is 11.3 Å². The SMILES string of the molecule is CC(C)c1ncc(N2CCOCC2)c(CNC(C)(C)C)n1. The van der Waals surface area contributed by atoms with Crippen molar-refractivity contribution in [1.29, 1.82) is 0 Å². The summed E-state index contributed by atoms with van der Waals surface area (Å²) in [6.07, 6.45) is 1.98. The van der Waals surface area contributed by atoms with Gasteiger partial charge in [-0.1, -0.05) is 13.8 Å². The number of ether oxygens (including phenoxy) is 1. The largest absolute Gasteiger partial charge is 0.378 e. The molecule has 2 rings (SSSR count). The number of nitrogens with zero attached hydrogens (tertiary/aromatic N) is 3. The Labute approximate surface area is 128 Å². The number of nitrogens with one attached hydrogen (secondary N) is 1. The van der Waals surface area contributed by atoms with Crippen LogP contribution in [0.3, 0.4) is 0 Å². The van der Waals surface area contributed by atoms with Gasteiger partial charge in [-0.3, -0.25) is 0 Å². The Kier molecular flexibility index (Phi) is 5.17. The van der Waals surface area contributed by atoms with Crippen molar-refractivity contribution in [1.82, 2.24) is 15.3 Å². The van der Waals surface area contributed by atoms with Crippen molar-refractivity contribution in [3.05, 3.63) is 17.7 Å². The molecule has 0 aliphatic carbocycles. The lowest BCUT2D eigenvalue weighted by atomic mass is 10.1. The van der Waals surface area contributed by atoms with E-state index in [-0.39, 0.29) is 5.54 Å². The molecule has 1 N–H and O–H groups in total. The summed E-state index contributed by atoms with van der Waals surface area (Å²) in [5.41, 5.74) is 2.30. The standard InChI is InChI=1S/C16H28N4O/c1-12(2)15-17-11-14(20-6-8-21-9-7-20)13(19-15)10-18-16(3,4)5/h11-12,18H,6-10H2,1-5H3. The fourth-order valence-corrected chi connectivity index (χ4v) is 2.25. The Hall–Kier alpha value is -1.20. The molecule has 1 aliphatic rings. The number of aromatic nitrogens is 2. The van der Waals surface area contributed by atoms with Gasteiger partial charge in [-0.15, -0.1) is 0 Å². The lowest BCUT2D eigenvalue weighted by molar-refractivity contribution is 0.122. The van der Waals surface area contributed by atoms with Crippen LogP contribution in [0.2, 0.25) is 0 Å². The minimum atomic E-state index is 0.0746. The van der Waals surface area contributed by atoms with Gasteiger partial charge in [0.15, 0.2) is 0 Å². The number of hydrogen-bond acceptors (Lipinski definition) is 5. The van der Waals surface area contributed by atoms with E-state index < -0.39 is 0 Å². The molecule has 0 amide bonds. The van der Waals surface area contributed by atoms with E-state index in [1.165, 1.54) is 0 Å². The first-order chi connectivity index (χ1) is 9.87. The first-order valence-corrected chi connectivity index (χ1v) is 7.80. The smallest absolute Gasteiger partial charge is 0.131 e. The quantitative estimate of drug-likeness (QED) is 0.923. The Morgan fingerprint density at radius 3 is 2.52 bits per heavy atom. The van der Waals surface area contributed by atoms with Gasteiger partial charge in [0, 0.05) is 31.1 Å². The maximum Gasteiger partial charge on any atom is 0.131 e. The molecular formula is C16H28N4O. The van der Waals surface area contributed by atoms with Crippen LogP contribution in [0.4, 0.5) is 5.69 Å². The van der Waals surface area contributed by atoms with Gasteiger partial charge in [0.05, 0.1) is 30.8 Å².